The van der Waals surface area contributed by atoms with Gasteiger partial charge in [-0.15, -0.1) is 0 Å². The second kappa shape index (κ2) is 6.41. The zero-order chi connectivity index (χ0) is 13.0. The van der Waals surface area contributed by atoms with Crippen molar-refractivity contribution in [3.8, 4) is 0 Å². The van der Waals surface area contributed by atoms with Crippen LogP contribution >= 0.6 is 0 Å². The van der Waals surface area contributed by atoms with E-state index >= 15 is 0 Å². The molecule has 0 radical (unpaired) electrons. The molecule has 2 aliphatic rings. The Morgan fingerprint density at radius 1 is 1.22 bits per heavy atom. The average molecular weight is 254 g/mol. The van der Waals surface area contributed by atoms with Gasteiger partial charge < -0.3 is 15.3 Å². The molecule has 0 aromatic heterocycles. The maximum Gasteiger partial charge on any atom is 0.317 e. The minimum atomic E-state index is 0.0762. The summed E-state index contributed by atoms with van der Waals surface area (Å²) >= 11 is 0. The highest BCUT2D eigenvalue weighted by atomic mass is 16.3. The Bertz CT molecular complexity index is 275. The highest BCUT2D eigenvalue weighted by Gasteiger charge is 2.28. The molecule has 104 valence electrons. The van der Waals surface area contributed by atoms with E-state index in [1.807, 2.05) is 4.90 Å². The first-order valence-corrected chi connectivity index (χ1v) is 7.37. The molecule has 0 aromatic carbocycles. The van der Waals surface area contributed by atoms with Crippen LogP contribution in [0.4, 0.5) is 4.79 Å². The lowest BCUT2D eigenvalue weighted by atomic mass is 9.85. The molecular weight excluding hydrogens is 228 g/mol. The van der Waals surface area contributed by atoms with Gasteiger partial charge in [-0.1, -0.05) is 19.8 Å². The van der Waals surface area contributed by atoms with Crippen LogP contribution in [0.1, 0.15) is 45.4 Å². The Hall–Kier alpha value is -0.770. The van der Waals surface area contributed by atoms with Crippen LogP contribution in [0.5, 0.6) is 0 Å². The molecule has 0 aromatic rings. The lowest BCUT2D eigenvalue weighted by Gasteiger charge is -2.35. The van der Waals surface area contributed by atoms with E-state index in [2.05, 4.69) is 12.2 Å². The van der Waals surface area contributed by atoms with Gasteiger partial charge >= 0.3 is 6.03 Å². The van der Waals surface area contributed by atoms with Crippen molar-refractivity contribution < 1.29 is 9.90 Å². The van der Waals surface area contributed by atoms with Crippen molar-refractivity contribution in [2.75, 3.05) is 19.7 Å². The van der Waals surface area contributed by atoms with Crippen molar-refractivity contribution in [3.63, 3.8) is 0 Å². The number of nitrogens with zero attached hydrogens (tertiary/aromatic N) is 1. The Morgan fingerprint density at radius 3 is 2.56 bits per heavy atom. The summed E-state index contributed by atoms with van der Waals surface area (Å²) in [6.45, 7) is 4.20. The van der Waals surface area contributed by atoms with E-state index in [0.29, 0.717) is 0 Å². The number of rotatable bonds is 2. The van der Waals surface area contributed by atoms with E-state index in [4.69, 9.17) is 0 Å². The van der Waals surface area contributed by atoms with E-state index in [1.54, 1.807) is 0 Å². The third kappa shape index (κ3) is 3.37. The summed E-state index contributed by atoms with van der Waals surface area (Å²) in [5, 5.41) is 12.5. The second-order valence-electron chi connectivity index (χ2n) is 5.95. The zero-order valence-electron chi connectivity index (χ0n) is 11.4. The Labute approximate surface area is 110 Å². The van der Waals surface area contributed by atoms with E-state index < -0.39 is 0 Å². The number of amides is 2. The minimum absolute atomic E-state index is 0.0762. The Balaban J connectivity index is 1.82. The molecule has 2 rings (SSSR count). The van der Waals surface area contributed by atoms with Gasteiger partial charge in [-0.3, -0.25) is 0 Å². The molecule has 0 bridgehead atoms. The first-order valence-electron chi connectivity index (χ1n) is 7.37. The smallest absolute Gasteiger partial charge is 0.317 e. The standard InChI is InChI=1S/C14H26N2O2/c1-11-6-8-16(9-7-11)14(18)15-13-5-3-2-4-12(13)10-17/h11-13,17H,2-10H2,1H3,(H,15,18). The highest BCUT2D eigenvalue weighted by Crippen LogP contribution is 2.24. The SMILES string of the molecule is CC1CCN(C(=O)NC2CCCCC2CO)CC1. The summed E-state index contributed by atoms with van der Waals surface area (Å²) in [7, 11) is 0. The number of carbonyl (C=O) groups is 1. The number of aliphatic hydroxyl groups excluding tert-OH is 1. The summed E-state index contributed by atoms with van der Waals surface area (Å²) in [6, 6.07) is 0.253. The molecule has 0 spiro atoms. The van der Waals surface area contributed by atoms with Crippen molar-refractivity contribution in [2.24, 2.45) is 11.8 Å². The van der Waals surface area contributed by atoms with Gasteiger partial charge in [-0.05, 0) is 31.6 Å². The molecule has 2 N–H and O–H groups in total. The number of carbonyl (C=O) groups excluding carboxylic acids is 1. The molecule has 4 heteroatoms. The maximum atomic E-state index is 12.2. The van der Waals surface area contributed by atoms with Crippen molar-refractivity contribution in [3.05, 3.63) is 0 Å². The van der Waals surface area contributed by atoms with E-state index in [1.165, 1.54) is 12.8 Å². The fourth-order valence-corrected chi connectivity index (χ4v) is 3.08. The number of urea groups is 1. The summed E-state index contributed by atoms with van der Waals surface area (Å²) in [5.41, 5.74) is 0. The molecule has 4 nitrogen and oxygen atoms in total. The number of likely N-dealkylation sites (tertiary alicyclic amines) is 1. The predicted molar refractivity (Wildman–Crippen MR) is 71.3 cm³/mol. The normalized spacial score (nSPS) is 30.2. The number of hydrogen-bond acceptors (Lipinski definition) is 2. The Morgan fingerprint density at radius 2 is 1.89 bits per heavy atom. The molecule has 1 aliphatic heterocycles. The van der Waals surface area contributed by atoms with Gasteiger partial charge in [-0.2, -0.15) is 0 Å². The molecule has 1 heterocycles. The van der Waals surface area contributed by atoms with E-state index in [0.717, 1.165) is 44.7 Å². The minimum Gasteiger partial charge on any atom is -0.396 e. The lowest BCUT2D eigenvalue weighted by molar-refractivity contribution is 0.136. The number of hydrogen-bond donors (Lipinski definition) is 2. The largest absolute Gasteiger partial charge is 0.396 e. The van der Waals surface area contributed by atoms with E-state index in [9.17, 15) is 9.90 Å². The zero-order valence-corrected chi connectivity index (χ0v) is 11.4. The van der Waals surface area contributed by atoms with Crippen LogP contribution in [0.15, 0.2) is 0 Å². The van der Waals surface area contributed by atoms with Gasteiger partial charge in [0.15, 0.2) is 0 Å². The summed E-state index contributed by atoms with van der Waals surface area (Å²) < 4.78 is 0. The van der Waals surface area contributed by atoms with Crippen LogP contribution in [0.2, 0.25) is 0 Å². The van der Waals surface area contributed by atoms with Gasteiger partial charge in [0.05, 0.1) is 0 Å². The average Bonchev–Trinajstić information content (AvgIpc) is 2.40. The van der Waals surface area contributed by atoms with Crippen LogP contribution in [0, 0.1) is 11.8 Å². The molecule has 2 amide bonds. The summed E-state index contributed by atoms with van der Waals surface area (Å²) in [6.07, 6.45) is 6.63. The topological polar surface area (TPSA) is 52.6 Å². The van der Waals surface area contributed by atoms with Gasteiger partial charge in [0, 0.05) is 31.7 Å². The number of aliphatic hydroxyl groups is 1. The maximum absolute atomic E-state index is 12.2. The fraction of sp³-hybridized carbons (Fsp3) is 0.929. The molecular formula is C14H26N2O2. The lowest BCUT2D eigenvalue weighted by Crippen LogP contribution is -2.51. The fourth-order valence-electron chi connectivity index (χ4n) is 3.08. The van der Waals surface area contributed by atoms with Gasteiger partial charge in [0.25, 0.3) is 0 Å². The molecule has 1 saturated carbocycles. The third-order valence-corrected chi connectivity index (χ3v) is 4.52. The molecule has 2 fully saturated rings. The predicted octanol–water partition coefficient (Wildman–Crippen LogP) is 1.98. The molecule has 18 heavy (non-hydrogen) atoms. The third-order valence-electron chi connectivity index (χ3n) is 4.52. The summed E-state index contributed by atoms with van der Waals surface area (Å²) in [4.78, 5) is 14.1. The van der Waals surface area contributed by atoms with Crippen molar-refractivity contribution in [1.29, 1.82) is 0 Å². The van der Waals surface area contributed by atoms with Gasteiger partial charge in [-0.25, -0.2) is 4.79 Å². The van der Waals surface area contributed by atoms with Crippen molar-refractivity contribution in [2.45, 2.75) is 51.5 Å². The molecule has 2 unspecified atom stereocenters. The summed E-state index contributed by atoms with van der Waals surface area (Å²) in [5.74, 6) is 1.00. The quantitative estimate of drug-likeness (QED) is 0.791. The van der Waals surface area contributed by atoms with E-state index in [-0.39, 0.29) is 24.6 Å². The van der Waals surface area contributed by atoms with Gasteiger partial charge in [0.1, 0.15) is 0 Å². The van der Waals surface area contributed by atoms with Crippen LogP contribution < -0.4 is 5.32 Å². The van der Waals surface area contributed by atoms with Gasteiger partial charge in [0.2, 0.25) is 0 Å². The number of piperidine rings is 1. The second-order valence-corrected chi connectivity index (χ2v) is 5.95. The van der Waals surface area contributed by atoms with Crippen LogP contribution in [0.25, 0.3) is 0 Å². The molecule has 2 atom stereocenters. The van der Waals surface area contributed by atoms with Crippen LogP contribution in [-0.2, 0) is 0 Å². The number of nitrogens with one attached hydrogen (secondary N) is 1. The monoisotopic (exact) mass is 254 g/mol. The van der Waals surface area contributed by atoms with Crippen LogP contribution in [0.3, 0.4) is 0 Å². The van der Waals surface area contributed by atoms with Crippen molar-refractivity contribution in [1.82, 2.24) is 10.2 Å². The van der Waals surface area contributed by atoms with Crippen molar-refractivity contribution >= 4 is 6.03 Å². The van der Waals surface area contributed by atoms with Crippen LogP contribution in [-0.4, -0.2) is 41.8 Å². The first kappa shape index (κ1) is 13.7. The Kier molecular flexibility index (Phi) is 4.87. The molecule has 1 aliphatic carbocycles. The molecule has 1 saturated heterocycles. The highest BCUT2D eigenvalue weighted by molar-refractivity contribution is 5.74. The first-order chi connectivity index (χ1) is 8.70.